The summed E-state index contributed by atoms with van der Waals surface area (Å²) in [6.45, 7) is 3.76. The molecule has 0 atom stereocenters. The monoisotopic (exact) mass is 220 g/mol. The highest BCUT2D eigenvalue weighted by molar-refractivity contribution is 6.41. The fraction of sp³-hybridized carbons (Fsp3) is 0.375. The second-order valence-corrected chi connectivity index (χ2v) is 3.76. The predicted octanol–water partition coefficient (Wildman–Crippen LogP) is 2.46. The van der Waals surface area contributed by atoms with Gasteiger partial charge in [-0.2, -0.15) is 0 Å². The van der Waals surface area contributed by atoms with Crippen molar-refractivity contribution in [1.82, 2.24) is 10.3 Å². The lowest BCUT2D eigenvalue weighted by Crippen LogP contribution is -2.30. The summed E-state index contributed by atoms with van der Waals surface area (Å²) in [4.78, 5) is 14.0. The summed E-state index contributed by atoms with van der Waals surface area (Å²) in [5.41, 5.74) is 0.378. The Morgan fingerprint density at radius 2 is 2.15 bits per heavy atom. The van der Waals surface area contributed by atoms with Crippen LogP contribution in [0.2, 0.25) is 10.2 Å². The highest BCUT2D eigenvalue weighted by Crippen LogP contribution is 2.21. The van der Waals surface area contributed by atoms with E-state index in [0.717, 1.165) is 0 Å². The van der Waals surface area contributed by atoms with Crippen LogP contribution in [0.15, 0.2) is 6.07 Å². The molecule has 3 nitrogen and oxygen atoms in total. The maximum absolute atomic E-state index is 11.4. The van der Waals surface area contributed by atoms with Gasteiger partial charge in [-0.25, -0.2) is 0 Å². The number of carbonyl (C=O) groups excluding carboxylic acids is 1. The summed E-state index contributed by atoms with van der Waals surface area (Å²) in [7, 11) is 0. The lowest BCUT2D eigenvalue weighted by atomic mass is 10.3. The molecule has 0 aliphatic rings. The molecule has 1 amide bonds. The third-order valence-electron chi connectivity index (χ3n) is 1.39. The van der Waals surface area contributed by atoms with Gasteiger partial charge in [0.1, 0.15) is 10.8 Å². The number of hydrogen-bond donors (Lipinski definition) is 2. The van der Waals surface area contributed by atoms with Gasteiger partial charge in [0, 0.05) is 6.04 Å². The molecule has 0 bridgehead atoms. The first-order valence-corrected chi connectivity index (χ1v) is 4.61. The van der Waals surface area contributed by atoms with Crippen molar-refractivity contribution in [1.29, 1.82) is 0 Å². The van der Waals surface area contributed by atoms with E-state index >= 15 is 0 Å². The average Bonchev–Trinajstić information content (AvgIpc) is 2.31. The smallest absolute Gasteiger partial charge is 0.267 e. The molecule has 1 rings (SSSR count). The molecule has 0 saturated heterocycles. The van der Waals surface area contributed by atoms with E-state index in [9.17, 15) is 4.79 Å². The van der Waals surface area contributed by atoms with Gasteiger partial charge in [-0.15, -0.1) is 0 Å². The van der Waals surface area contributed by atoms with E-state index < -0.39 is 0 Å². The van der Waals surface area contributed by atoms with E-state index in [1.165, 1.54) is 6.07 Å². The molecular weight excluding hydrogens is 211 g/mol. The molecule has 1 aromatic rings. The minimum Gasteiger partial charge on any atom is -0.349 e. The fourth-order valence-corrected chi connectivity index (χ4v) is 1.18. The van der Waals surface area contributed by atoms with Crippen LogP contribution in [-0.4, -0.2) is 16.9 Å². The van der Waals surface area contributed by atoms with E-state index in [-0.39, 0.29) is 17.1 Å². The van der Waals surface area contributed by atoms with Gasteiger partial charge in [-0.05, 0) is 19.9 Å². The van der Waals surface area contributed by atoms with Gasteiger partial charge in [0.05, 0.1) is 5.02 Å². The average molecular weight is 221 g/mol. The number of aromatic nitrogens is 1. The number of aromatic amines is 1. The van der Waals surface area contributed by atoms with Gasteiger partial charge in [-0.1, -0.05) is 23.2 Å². The third kappa shape index (κ3) is 2.64. The third-order valence-corrected chi connectivity index (χ3v) is 2.08. The predicted molar refractivity (Wildman–Crippen MR) is 53.4 cm³/mol. The largest absolute Gasteiger partial charge is 0.349 e. The molecule has 5 heteroatoms. The number of nitrogens with one attached hydrogen (secondary N) is 2. The zero-order valence-electron chi connectivity index (χ0n) is 7.32. The maximum Gasteiger partial charge on any atom is 0.267 e. The molecule has 0 aliphatic carbocycles. The number of carbonyl (C=O) groups is 1. The van der Waals surface area contributed by atoms with Crippen LogP contribution in [0.1, 0.15) is 24.3 Å². The Kier molecular flexibility index (Phi) is 3.22. The van der Waals surface area contributed by atoms with Crippen LogP contribution in [0.5, 0.6) is 0 Å². The minimum atomic E-state index is -0.205. The molecule has 0 unspecified atom stereocenters. The molecule has 0 aliphatic heterocycles. The Bertz CT molecular complexity index is 300. The molecular formula is C8H10Cl2N2O. The zero-order chi connectivity index (χ0) is 10.0. The number of amides is 1. The molecule has 13 heavy (non-hydrogen) atoms. The Hall–Kier alpha value is -0.670. The van der Waals surface area contributed by atoms with Crippen LogP contribution in [0.3, 0.4) is 0 Å². The van der Waals surface area contributed by atoms with Crippen LogP contribution in [-0.2, 0) is 0 Å². The number of rotatable bonds is 2. The molecule has 1 aromatic heterocycles. The first-order valence-electron chi connectivity index (χ1n) is 3.85. The van der Waals surface area contributed by atoms with Crippen molar-refractivity contribution in [3.63, 3.8) is 0 Å². The molecule has 0 aromatic carbocycles. The molecule has 1 heterocycles. The second kappa shape index (κ2) is 4.03. The SMILES string of the molecule is CC(C)NC(=O)c1cc(Cl)c(Cl)[nH]1. The standard InChI is InChI=1S/C8H10Cl2N2O/c1-4(2)11-8(13)6-3-5(9)7(10)12-6/h3-4,12H,1-2H3,(H,11,13). The van der Waals surface area contributed by atoms with E-state index in [0.29, 0.717) is 10.7 Å². The van der Waals surface area contributed by atoms with Crippen molar-refractivity contribution in [3.05, 3.63) is 21.9 Å². The summed E-state index contributed by atoms with van der Waals surface area (Å²) in [5.74, 6) is -0.205. The van der Waals surface area contributed by atoms with Crippen LogP contribution in [0.4, 0.5) is 0 Å². The highest BCUT2D eigenvalue weighted by Gasteiger charge is 2.11. The molecule has 2 N–H and O–H groups in total. The summed E-state index contributed by atoms with van der Waals surface area (Å²) in [5, 5.41) is 3.36. The molecule has 72 valence electrons. The summed E-state index contributed by atoms with van der Waals surface area (Å²) < 4.78 is 0. The Labute approximate surface area is 86.4 Å². The number of H-pyrrole nitrogens is 1. The lowest BCUT2D eigenvalue weighted by Gasteiger charge is -2.05. The molecule has 0 saturated carbocycles. The minimum absolute atomic E-state index is 0.0911. The fourth-order valence-electron chi connectivity index (χ4n) is 0.866. The van der Waals surface area contributed by atoms with Gasteiger partial charge >= 0.3 is 0 Å². The molecule has 0 radical (unpaired) electrons. The molecule has 0 fully saturated rings. The summed E-state index contributed by atoms with van der Waals surface area (Å²) in [6.07, 6.45) is 0. The van der Waals surface area contributed by atoms with E-state index in [1.54, 1.807) is 0 Å². The van der Waals surface area contributed by atoms with E-state index in [1.807, 2.05) is 13.8 Å². The maximum atomic E-state index is 11.4. The van der Waals surface area contributed by atoms with Crippen molar-refractivity contribution in [2.45, 2.75) is 19.9 Å². The lowest BCUT2D eigenvalue weighted by molar-refractivity contribution is 0.0938. The van der Waals surface area contributed by atoms with Gasteiger partial charge < -0.3 is 10.3 Å². The van der Waals surface area contributed by atoms with Crippen molar-refractivity contribution in [3.8, 4) is 0 Å². The first-order chi connectivity index (χ1) is 6.00. The number of hydrogen-bond acceptors (Lipinski definition) is 1. The summed E-state index contributed by atoms with van der Waals surface area (Å²) >= 11 is 11.3. The zero-order valence-corrected chi connectivity index (χ0v) is 8.83. The second-order valence-electron chi connectivity index (χ2n) is 2.97. The van der Waals surface area contributed by atoms with Gasteiger partial charge in [-0.3, -0.25) is 4.79 Å². The van der Waals surface area contributed by atoms with Crippen LogP contribution >= 0.6 is 23.2 Å². The first kappa shape index (κ1) is 10.4. The van der Waals surface area contributed by atoms with Gasteiger partial charge in [0.15, 0.2) is 0 Å². The van der Waals surface area contributed by atoms with Crippen molar-refractivity contribution >= 4 is 29.1 Å². The van der Waals surface area contributed by atoms with Gasteiger partial charge in [0.2, 0.25) is 0 Å². The van der Waals surface area contributed by atoms with Crippen molar-refractivity contribution < 1.29 is 4.79 Å². The highest BCUT2D eigenvalue weighted by atomic mass is 35.5. The van der Waals surface area contributed by atoms with Crippen LogP contribution < -0.4 is 5.32 Å². The number of halogens is 2. The van der Waals surface area contributed by atoms with Gasteiger partial charge in [0.25, 0.3) is 5.91 Å². The van der Waals surface area contributed by atoms with Crippen LogP contribution in [0.25, 0.3) is 0 Å². The van der Waals surface area contributed by atoms with E-state index in [4.69, 9.17) is 23.2 Å². The Balaban J connectivity index is 2.77. The van der Waals surface area contributed by atoms with Crippen molar-refractivity contribution in [2.24, 2.45) is 0 Å². The Morgan fingerprint density at radius 1 is 1.54 bits per heavy atom. The topological polar surface area (TPSA) is 44.9 Å². The quantitative estimate of drug-likeness (QED) is 0.791. The van der Waals surface area contributed by atoms with Crippen molar-refractivity contribution in [2.75, 3.05) is 0 Å². The summed E-state index contributed by atoms with van der Waals surface area (Å²) in [6, 6.07) is 1.59. The molecule has 0 spiro atoms. The normalized spacial score (nSPS) is 10.5. The van der Waals surface area contributed by atoms with E-state index in [2.05, 4.69) is 10.3 Å². The van der Waals surface area contributed by atoms with Crippen LogP contribution in [0, 0.1) is 0 Å². The Morgan fingerprint density at radius 3 is 2.54 bits per heavy atom.